The van der Waals surface area contributed by atoms with Crippen molar-refractivity contribution in [2.45, 2.75) is 0 Å². The molecule has 3 N–H and O–H groups in total. The van der Waals surface area contributed by atoms with Crippen LogP contribution in [0.25, 0.3) is 0 Å². The Hall–Kier alpha value is -3.16. The van der Waals surface area contributed by atoms with Crippen LogP contribution in [0.1, 0.15) is 20.7 Å². The predicted octanol–water partition coefficient (Wildman–Crippen LogP) is 0.314. The van der Waals surface area contributed by atoms with E-state index in [0.717, 1.165) is 0 Å². The highest BCUT2D eigenvalue weighted by molar-refractivity contribution is 5.96. The Morgan fingerprint density at radius 2 is 1.91 bits per heavy atom. The van der Waals surface area contributed by atoms with Gasteiger partial charge >= 0.3 is 5.97 Å². The Bertz CT molecular complexity index is 706. The molecule has 1 aromatic carbocycles. The minimum atomic E-state index is -0.632. The molecule has 1 aromatic heterocycles. The third-order valence-corrected chi connectivity index (χ3v) is 2.73. The second-order valence-corrected chi connectivity index (χ2v) is 4.47. The second kappa shape index (κ2) is 6.53. The fourth-order valence-corrected chi connectivity index (χ4v) is 1.66. The van der Waals surface area contributed by atoms with Gasteiger partial charge in [0.2, 0.25) is 5.91 Å². The standard InChI is InChI=1S/C14H14N4O4/c1-18-7-10(6-16-18)14(21)22-8-12(19)17-11-4-2-9(3-5-11)13(15)20/h2-7H,8H2,1H3,(H2,15,20)(H,17,19). The number of carbonyl (C=O) groups excluding carboxylic acids is 3. The number of ether oxygens (including phenoxy) is 1. The van der Waals surface area contributed by atoms with Gasteiger partial charge in [0.15, 0.2) is 6.61 Å². The average molecular weight is 302 g/mol. The Morgan fingerprint density at radius 1 is 1.23 bits per heavy atom. The van der Waals surface area contributed by atoms with E-state index in [1.807, 2.05) is 0 Å². The Balaban J connectivity index is 1.85. The molecule has 114 valence electrons. The van der Waals surface area contributed by atoms with Crippen molar-refractivity contribution in [3.63, 3.8) is 0 Å². The first-order chi connectivity index (χ1) is 10.5. The number of aromatic nitrogens is 2. The molecule has 0 saturated heterocycles. The fraction of sp³-hybridized carbons (Fsp3) is 0.143. The van der Waals surface area contributed by atoms with Crippen molar-refractivity contribution in [1.82, 2.24) is 9.78 Å². The number of amides is 2. The summed E-state index contributed by atoms with van der Waals surface area (Å²) in [5, 5.41) is 6.36. The summed E-state index contributed by atoms with van der Waals surface area (Å²) in [5.41, 5.74) is 6.18. The number of aryl methyl sites for hydroxylation is 1. The maximum atomic E-state index is 11.7. The molecule has 2 amide bonds. The lowest BCUT2D eigenvalue weighted by molar-refractivity contribution is -0.119. The fourth-order valence-electron chi connectivity index (χ4n) is 1.66. The third-order valence-electron chi connectivity index (χ3n) is 2.73. The zero-order chi connectivity index (χ0) is 16.1. The molecule has 0 aliphatic carbocycles. The third kappa shape index (κ3) is 3.92. The van der Waals surface area contributed by atoms with E-state index in [1.54, 1.807) is 7.05 Å². The van der Waals surface area contributed by atoms with E-state index in [4.69, 9.17) is 10.5 Å². The van der Waals surface area contributed by atoms with E-state index in [1.165, 1.54) is 41.3 Å². The van der Waals surface area contributed by atoms with Crippen LogP contribution in [-0.4, -0.2) is 34.2 Å². The maximum absolute atomic E-state index is 11.7. The van der Waals surface area contributed by atoms with E-state index in [2.05, 4.69) is 10.4 Å². The number of carbonyl (C=O) groups is 3. The number of nitrogens with two attached hydrogens (primary N) is 1. The van der Waals surface area contributed by atoms with Crippen molar-refractivity contribution in [2.75, 3.05) is 11.9 Å². The van der Waals surface area contributed by atoms with Gasteiger partial charge in [0.25, 0.3) is 5.91 Å². The lowest BCUT2D eigenvalue weighted by atomic mass is 10.2. The number of nitrogens with zero attached hydrogens (tertiary/aromatic N) is 2. The first-order valence-electron chi connectivity index (χ1n) is 6.31. The summed E-state index contributed by atoms with van der Waals surface area (Å²) in [6.45, 7) is -0.425. The minimum Gasteiger partial charge on any atom is -0.452 e. The van der Waals surface area contributed by atoms with Gasteiger partial charge in [0.1, 0.15) is 0 Å². The van der Waals surface area contributed by atoms with Gasteiger partial charge in [-0.05, 0) is 24.3 Å². The van der Waals surface area contributed by atoms with E-state index in [-0.39, 0.29) is 5.56 Å². The number of rotatable bonds is 5. The van der Waals surface area contributed by atoms with Crippen molar-refractivity contribution in [3.8, 4) is 0 Å². The molecule has 0 saturated carbocycles. The van der Waals surface area contributed by atoms with Crippen molar-refractivity contribution >= 4 is 23.5 Å². The highest BCUT2D eigenvalue weighted by Crippen LogP contribution is 2.09. The number of hydrogen-bond donors (Lipinski definition) is 2. The van der Waals surface area contributed by atoms with Gasteiger partial charge in [0, 0.05) is 24.5 Å². The van der Waals surface area contributed by atoms with Gasteiger partial charge in [-0.2, -0.15) is 5.10 Å². The van der Waals surface area contributed by atoms with E-state index >= 15 is 0 Å². The predicted molar refractivity (Wildman–Crippen MR) is 77.1 cm³/mol. The quantitative estimate of drug-likeness (QED) is 0.771. The van der Waals surface area contributed by atoms with Crippen LogP contribution >= 0.6 is 0 Å². The molecular weight excluding hydrogens is 288 g/mol. The van der Waals surface area contributed by atoms with Crippen molar-refractivity contribution < 1.29 is 19.1 Å². The first-order valence-corrected chi connectivity index (χ1v) is 6.31. The van der Waals surface area contributed by atoms with Crippen LogP contribution in [0.4, 0.5) is 5.69 Å². The monoisotopic (exact) mass is 302 g/mol. The lowest BCUT2D eigenvalue weighted by Crippen LogP contribution is -2.21. The summed E-state index contributed by atoms with van der Waals surface area (Å²) >= 11 is 0. The number of benzene rings is 1. The van der Waals surface area contributed by atoms with E-state index < -0.39 is 24.4 Å². The molecule has 1 heterocycles. The molecule has 8 heteroatoms. The van der Waals surface area contributed by atoms with Crippen LogP contribution in [0.5, 0.6) is 0 Å². The first kappa shape index (κ1) is 15.2. The van der Waals surface area contributed by atoms with Crippen molar-refractivity contribution in [3.05, 3.63) is 47.8 Å². The molecule has 2 rings (SSSR count). The summed E-state index contributed by atoms with van der Waals surface area (Å²) in [7, 11) is 1.67. The van der Waals surface area contributed by atoms with Gasteiger partial charge in [-0.1, -0.05) is 0 Å². The molecule has 22 heavy (non-hydrogen) atoms. The van der Waals surface area contributed by atoms with Crippen LogP contribution in [0.3, 0.4) is 0 Å². The number of primary amides is 1. The summed E-state index contributed by atoms with van der Waals surface area (Å²) < 4.78 is 6.31. The molecule has 0 unspecified atom stereocenters. The summed E-state index contributed by atoms with van der Waals surface area (Å²) in [6.07, 6.45) is 2.84. The Morgan fingerprint density at radius 3 is 2.45 bits per heavy atom. The minimum absolute atomic E-state index is 0.265. The lowest BCUT2D eigenvalue weighted by Gasteiger charge is -2.06. The van der Waals surface area contributed by atoms with Crippen LogP contribution in [-0.2, 0) is 16.6 Å². The molecule has 0 aliphatic heterocycles. The molecule has 0 bridgehead atoms. The molecule has 0 fully saturated rings. The molecule has 0 spiro atoms. The summed E-state index contributed by atoms with van der Waals surface area (Å²) in [4.78, 5) is 34.2. The Kier molecular flexibility index (Phi) is 4.52. The highest BCUT2D eigenvalue weighted by Gasteiger charge is 2.12. The smallest absolute Gasteiger partial charge is 0.341 e. The highest BCUT2D eigenvalue weighted by atomic mass is 16.5. The summed E-state index contributed by atoms with van der Waals surface area (Å²) in [6, 6.07) is 6.03. The molecule has 0 atom stereocenters. The SMILES string of the molecule is Cn1cc(C(=O)OCC(=O)Nc2ccc(C(N)=O)cc2)cn1. The number of esters is 1. The van der Waals surface area contributed by atoms with Crippen molar-refractivity contribution in [1.29, 1.82) is 0 Å². The molecule has 8 nitrogen and oxygen atoms in total. The number of hydrogen-bond acceptors (Lipinski definition) is 5. The molecular formula is C14H14N4O4. The van der Waals surface area contributed by atoms with E-state index in [9.17, 15) is 14.4 Å². The Labute approximate surface area is 125 Å². The van der Waals surface area contributed by atoms with Gasteiger partial charge in [-0.25, -0.2) is 4.79 Å². The largest absolute Gasteiger partial charge is 0.452 e. The van der Waals surface area contributed by atoms with Gasteiger partial charge in [0.05, 0.1) is 11.8 Å². The summed E-state index contributed by atoms with van der Waals surface area (Å²) in [5.74, 6) is -1.68. The van der Waals surface area contributed by atoms with Gasteiger partial charge in [-0.15, -0.1) is 0 Å². The zero-order valence-electron chi connectivity index (χ0n) is 11.8. The van der Waals surface area contributed by atoms with E-state index in [0.29, 0.717) is 11.3 Å². The van der Waals surface area contributed by atoms with Gasteiger partial charge < -0.3 is 15.8 Å². The average Bonchev–Trinajstić information content (AvgIpc) is 2.92. The molecule has 0 aliphatic rings. The van der Waals surface area contributed by atoms with Crippen LogP contribution in [0.2, 0.25) is 0 Å². The topological polar surface area (TPSA) is 116 Å². The molecule has 2 aromatic rings. The van der Waals surface area contributed by atoms with Gasteiger partial charge in [-0.3, -0.25) is 14.3 Å². The number of anilines is 1. The van der Waals surface area contributed by atoms with Crippen LogP contribution in [0.15, 0.2) is 36.7 Å². The normalized spacial score (nSPS) is 10.0. The van der Waals surface area contributed by atoms with Crippen molar-refractivity contribution in [2.24, 2.45) is 12.8 Å². The zero-order valence-corrected chi connectivity index (χ0v) is 11.8. The van der Waals surface area contributed by atoms with Crippen LogP contribution in [0, 0.1) is 0 Å². The maximum Gasteiger partial charge on any atom is 0.341 e. The second-order valence-electron chi connectivity index (χ2n) is 4.47. The molecule has 0 radical (unpaired) electrons. The van der Waals surface area contributed by atoms with Crippen LogP contribution < -0.4 is 11.1 Å². The number of nitrogens with one attached hydrogen (secondary N) is 1.